The second-order valence-electron chi connectivity index (χ2n) is 6.47. The molecule has 0 aliphatic carbocycles. The van der Waals surface area contributed by atoms with Gasteiger partial charge < -0.3 is 14.6 Å². The fourth-order valence-electron chi connectivity index (χ4n) is 2.76. The topological polar surface area (TPSA) is 67.6 Å². The molecule has 0 bridgehead atoms. The van der Waals surface area contributed by atoms with Crippen LogP contribution < -0.4 is 10.1 Å². The molecule has 140 valence electrons. The quantitative estimate of drug-likeness (QED) is 0.681. The number of carbonyl (C=O) groups is 1. The predicted octanol–water partition coefficient (Wildman–Crippen LogP) is 4.15. The van der Waals surface area contributed by atoms with Crippen LogP contribution in [0.15, 0.2) is 59.1 Å². The first-order chi connectivity index (χ1) is 13.0. The first-order valence-electron chi connectivity index (χ1n) is 8.74. The molecule has 0 saturated heterocycles. The number of hydrogen-bond donors (Lipinski definition) is 1. The SMILES string of the molecule is Cc1noc(C)c1CN(C)CC(=O)Nc1cccc(Oc2ccccc2)c1. The molecular weight excluding hydrogens is 342 g/mol. The molecule has 0 fully saturated rings. The van der Waals surface area contributed by atoms with Crippen LogP contribution in [-0.2, 0) is 11.3 Å². The second kappa shape index (κ2) is 8.51. The van der Waals surface area contributed by atoms with Gasteiger partial charge in [0.1, 0.15) is 17.3 Å². The molecule has 0 saturated carbocycles. The maximum atomic E-state index is 12.4. The lowest BCUT2D eigenvalue weighted by Gasteiger charge is -2.16. The molecule has 6 nitrogen and oxygen atoms in total. The Kier molecular flexibility index (Phi) is 5.88. The van der Waals surface area contributed by atoms with E-state index in [4.69, 9.17) is 9.26 Å². The lowest BCUT2D eigenvalue weighted by Crippen LogP contribution is -2.30. The van der Waals surface area contributed by atoms with Crippen molar-refractivity contribution in [2.75, 3.05) is 18.9 Å². The van der Waals surface area contributed by atoms with Crippen LogP contribution in [0.3, 0.4) is 0 Å². The van der Waals surface area contributed by atoms with Gasteiger partial charge in [0.25, 0.3) is 0 Å². The maximum absolute atomic E-state index is 12.4. The molecule has 6 heteroatoms. The number of nitrogens with one attached hydrogen (secondary N) is 1. The van der Waals surface area contributed by atoms with Gasteiger partial charge in [-0.3, -0.25) is 9.69 Å². The maximum Gasteiger partial charge on any atom is 0.238 e. The molecule has 1 aromatic heterocycles. The number of aromatic nitrogens is 1. The van der Waals surface area contributed by atoms with E-state index >= 15 is 0 Å². The minimum Gasteiger partial charge on any atom is -0.457 e. The van der Waals surface area contributed by atoms with E-state index in [1.54, 1.807) is 6.07 Å². The van der Waals surface area contributed by atoms with Gasteiger partial charge in [-0.1, -0.05) is 29.4 Å². The minimum absolute atomic E-state index is 0.0962. The fourth-order valence-corrected chi connectivity index (χ4v) is 2.76. The van der Waals surface area contributed by atoms with Crippen molar-refractivity contribution in [3.63, 3.8) is 0 Å². The molecule has 0 atom stereocenters. The number of hydrogen-bond acceptors (Lipinski definition) is 5. The number of nitrogens with zero attached hydrogens (tertiary/aromatic N) is 2. The van der Waals surface area contributed by atoms with Crippen molar-refractivity contribution in [2.45, 2.75) is 20.4 Å². The zero-order valence-corrected chi connectivity index (χ0v) is 15.7. The Morgan fingerprint density at radius 1 is 1.11 bits per heavy atom. The van der Waals surface area contributed by atoms with Gasteiger partial charge in [-0.25, -0.2) is 0 Å². The Bertz CT molecular complexity index is 887. The summed E-state index contributed by atoms with van der Waals surface area (Å²) in [6.45, 7) is 4.64. The fraction of sp³-hybridized carbons (Fsp3) is 0.238. The number of aryl methyl sites for hydroxylation is 2. The molecule has 3 rings (SSSR count). The first kappa shape index (κ1) is 18.7. The Balaban J connectivity index is 1.57. The summed E-state index contributed by atoms with van der Waals surface area (Å²) in [5.74, 6) is 2.11. The van der Waals surface area contributed by atoms with Gasteiger partial charge in [-0.15, -0.1) is 0 Å². The van der Waals surface area contributed by atoms with Crippen LogP contribution in [0.25, 0.3) is 0 Å². The van der Waals surface area contributed by atoms with E-state index in [0.29, 0.717) is 18.0 Å². The van der Waals surface area contributed by atoms with Crippen LogP contribution in [0.2, 0.25) is 0 Å². The highest BCUT2D eigenvalue weighted by molar-refractivity contribution is 5.92. The summed E-state index contributed by atoms with van der Waals surface area (Å²) in [5.41, 5.74) is 2.56. The van der Waals surface area contributed by atoms with E-state index in [1.807, 2.05) is 74.3 Å². The number of amides is 1. The van der Waals surface area contributed by atoms with Crippen LogP contribution >= 0.6 is 0 Å². The lowest BCUT2D eigenvalue weighted by molar-refractivity contribution is -0.117. The Hall–Kier alpha value is -3.12. The molecule has 1 amide bonds. The third kappa shape index (κ3) is 5.18. The lowest BCUT2D eigenvalue weighted by atomic mass is 10.2. The molecule has 0 aliphatic heterocycles. The van der Waals surface area contributed by atoms with Gasteiger partial charge in [-0.2, -0.15) is 0 Å². The molecule has 1 heterocycles. The van der Waals surface area contributed by atoms with Crippen molar-refractivity contribution in [3.8, 4) is 11.5 Å². The van der Waals surface area contributed by atoms with Crippen LogP contribution in [-0.4, -0.2) is 29.6 Å². The largest absolute Gasteiger partial charge is 0.457 e. The monoisotopic (exact) mass is 365 g/mol. The van der Waals surface area contributed by atoms with Crippen molar-refractivity contribution in [2.24, 2.45) is 0 Å². The van der Waals surface area contributed by atoms with Gasteiger partial charge in [0.2, 0.25) is 5.91 Å². The summed E-state index contributed by atoms with van der Waals surface area (Å²) in [7, 11) is 1.89. The second-order valence-corrected chi connectivity index (χ2v) is 6.47. The van der Waals surface area contributed by atoms with Gasteiger partial charge in [0.15, 0.2) is 0 Å². The standard InChI is InChI=1S/C21H23N3O3/c1-15-20(16(2)27-23-15)13-24(3)14-21(25)22-17-8-7-11-19(12-17)26-18-9-5-4-6-10-18/h4-12H,13-14H2,1-3H3,(H,22,25). The van der Waals surface area contributed by atoms with Crippen LogP contribution in [0.5, 0.6) is 11.5 Å². The molecular formula is C21H23N3O3. The molecule has 0 spiro atoms. The highest BCUT2D eigenvalue weighted by Gasteiger charge is 2.14. The molecule has 0 aliphatic rings. The minimum atomic E-state index is -0.0962. The molecule has 1 N–H and O–H groups in total. The van der Waals surface area contributed by atoms with E-state index in [2.05, 4.69) is 10.5 Å². The highest BCUT2D eigenvalue weighted by Crippen LogP contribution is 2.23. The van der Waals surface area contributed by atoms with E-state index in [1.165, 1.54) is 0 Å². The number of ether oxygens (including phenoxy) is 1. The third-order valence-electron chi connectivity index (χ3n) is 4.12. The number of likely N-dealkylation sites (N-methyl/N-ethyl adjacent to an activating group) is 1. The van der Waals surface area contributed by atoms with E-state index in [-0.39, 0.29) is 12.5 Å². The normalized spacial score (nSPS) is 10.8. The summed E-state index contributed by atoms with van der Waals surface area (Å²) in [6.07, 6.45) is 0. The number of anilines is 1. The number of carbonyl (C=O) groups excluding carboxylic acids is 1. The smallest absolute Gasteiger partial charge is 0.238 e. The van der Waals surface area contributed by atoms with Crippen LogP contribution in [0.4, 0.5) is 5.69 Å². The van der Waals surface area contributed by atoms with E-state index in [9.17, 15) is 4.79 Å². The Morgan fingerprint density at radius 2 is 1.85 bits per heavy atom. The van der Waals surface area contributed by atoms with Crippen molar-refractivity contribution in [3.05, 3.63) is 71.6 Å². The molecule has 0 unspecified atom stereocenters. The van der Waals surface area contributed by atoms with Crippen molar-refractivity contribution >= 4 is 11.6 Å². The van der Waals surface area contributed by atoms with E-state index < -0.39 is 0 Å². The molecule has 3 aromatic rings. The summed E-state index contributed by atoms with van der Waals surface area (Å²) in [6, 6.07) is 16.9. The van der Waals surface area contributed by atoms with Gasteiger partial charge in [0, 0.05) is 23.9 Å². The zero-order chi connectivity index (χ0) is 19.2. The average molecular weight is 365 g/mol. The molecule has 27 heavy (non-hydrogen) atoms. The number of benzene rings is 2. The van der Waals surface area contributed by atoms with Gasteiger partial charge in [0.05, 0.1) is 12.2 Å². The van der Waals surface area contributed by atoms with E-state index in [0.717, 1.165) is 22.8 Å². The van der Waals surface area contributed by atoms with Crippen molar-refractivity contribution in [1.82, 2.24) is 10.1 Å². The zero-order valence-electron chi connectivity index (χ0n) is 15.7. The van der Waals surface area contributed by atoms with Gasteiger partial charge in [-0.05, 0) is 45.2 Å². The predicted molar refractivity (Wildman–Crippen MR) is 104 cm³/mol. The van der Waals surface area contributed by atoms with Gasteiger partial charge >= 0.3 is 0 Å². The summed E-state index contributed by atoms with van der Waals surface area (Å²) in [5, 5.41) is 6.85. The highest BCUT2D eigenvalue weighted by atomic mass is 16.5. The Labute approximate surface area is 158 Å². The number of rotatable bonds is 7. The Morgan fingerprint density at radius 3 is 2.56 bits per heavy atom. The summed E-state index contributed by atoms with van der Waals surface area (Å²) in [4.78, 5) is 14.3. The molecule has 2 aromatic carbocycles. The third-order valence-corrected chi connectivity index (χ3v) is 4.12. The van der Waals surface area contributed by atoms with Crippen LogP contribution in [0.1, 0.15) is 17.0 Å². The molecule has 0 radical (unpaired) electrons. The first-order valence-corrected chi connectivity index (χ1v) is 8.74. The average Bonchev–Trinajstić information content (AvgIpc) is 2.94. The summed E-state index contributed by atoms with van der Waals surface area (Å²) >= 11 is 0. The summed E-state index contributed by atoms with van der Waals surface area (Å²) < 4.78 is 11.0. The van der Waals surface area contributed by atoms with Crippen molar-refractivity contribution in [1.29, 1.82) is 0 Å². The number of para-hydroxylation sites is 1. The van der Waals surface area contributed by atoms with Crippen LogP contribution in [0, 0.1) is 13.8 Å². The van der Waals surface area contributed by atoms with Crippen molar-refractivity contribution < 1.29 is 14.1 Å².